The van der Waals surface area contributed by atoms with Crippen molar-refractivity contribution in [2.45, 2.75) is 33.1 Å². The van der Waals surface area contributed by atoms with E-state index in [-0.39, 0.29) is 5.41 Å². The summed E-state index contributed by atoms with van der Waals surface area (Å²) in [6, 6.07) is 6.57. The average molecular weight is 246 g/mol. The van der Waals surface area contributed by atoms with E-state index in [1.54, 1.807) is 11.3 Å². The molecule has 1 aromatic carbocycles. The Balaban J connectivity index is 2.45. The quantitative estimate of drug-likeness (QED) is 0.826. The van der Waals surface area contributed by atoms with Gasteiger partial charge in [-0.25, -0.2) is 4.98 Å². The fraction of sp³-hybridized carbons (Fsp3) is 0.357. The third-order valence-electron chi connectivity index (χ3n) is 2.84. The van der Waals surface area contributed by atoms with Crippen molar-refractivity contribution in [3.63, 3.8) is 0 Å². The summed E-state index contributed by atoms with van der Waals surface area (Å²) >= 11 is 1.59. The highest BCUT2D eigenvalue weighted by Crippen LogP contribution is 2.31. The number of benzene rings is 1. The monoisotopic (exact) mass is 246 g/mol. The number of nitrogens with two attached hydrogens (primary N) is 1. The first-order chi connectivity index (χ1) is 7.88. The van der Waals surface area contributed by atoms with Crippen LogP contribution in [0.4, 0.5) is 5.82 Å². The predicted octanol–water partition coefficient (Wildman–Crippen LogP) is 4.00. The highest BCUT2D eigenvalue weighted by Gasteiger charge is 2.15. The van der Waals surface area contributed by atoms with Gasteiger partial charge in [-0.05, 0) is 23.5 Å². The second kappa shape index (κ2) is 4.15. The third kappa shape index (κ3) is 2.50. The number of aromatic nitrogens is 1. The van der Waals surface area contributed by atoms with Crippen molar-refractivity contribution in [2.75, 3.05) is 5.73 Å². The zero-order chi connectivity index (χ0) is 12.6. The minimum Gasteiger partial charge on any atom is -0.383 e. The molecular formula is C14H18N2S. The Bertz CT molecular complexity index is 535. The number of anilines is 1. The van der Waals surface area contributed by atoms with Crippen molar-refractivity contribution in [3.8, 4) is 10.6 Å². The van der Waals surface area contributed by atoms with Gasteiger partial charge >= 0.3 is 0 Å². The molecule has 2 rings (SSSR count). The first-order valence-corrected chi connectivity index (χ1v) is 6.58. The van der Waals surface area contributed by atoms with Gasteiger partial charge in [0.25, 0.3) is 0 Å². The van der Waals surface area contributed by atoms with E-state index in [1.165, 1.54) is 16.7 Å². The largest absolute Gasteiger partial charge is 0.383 e. The third-order valence-corrected chi connectivity index (χ3v) is 3.74. The first-order valence-electron chi connectivity index (χ1n) is 5.70. The molecule has 0 bridgehead atoms. The van der Waals surface area contributed by atoms with Crippen molar-refractivity contribution in [1.82, 2.24) is 4.98 Å². The van der Waals surface area contributed by atoms with Gasteiger partial charge in [0.1, 0.15) is 10.8 Å². The summed E-state index contributed by atoms with van der Waals surface area (Å²) in [4.78, 5) is 4.33. The molecule has 1 aromatic heterocycles. The van der Waals surface area contributed by atoms with Crippen LogP contribution in [0.5, 0.6) is 0 Å². The summed E-state index contributed by atoms with van der Waals surface area (Å²) in [7, 11) is 0. The number of rotatable bonds is 1. The van der Waals surface area contributed by atoms with E-state index in [9.17, 15) is 0 Å². The molecule has 1 heterocycles. The zero-order valence-corrected chi connectivity index (χ0v) is 11.6. The minimum absolute atomic E-state index is 0.186. The summed E-state index contributed by atoms with van der Waals surface area (Å²) in [5, 5.41) is 2.88. The molecule has 0 spiro atoms. The maximum atomic E-state index is 5.66. The molecule has 0 aliphatic heterocycles. The molecule has 90 valence electrons. The van der Waals surface area contributed by atoms with Crippen LogP contribution in [0.15, 0.2) is 23.6 Å². The molecule has 17 heavy (non-hydrogen) atoms. The van der Waals surface area contributed by atoms with Gasteiger partial charge in [-0.15, -0.1) is 11.3 Å². The SMILES string of the molecule is Cc1cc(C(C)(C)C)ccc1-c1nc(N)cs1. The number of nitrogen functional groups attached to an aromatic ring is 1. The van der Waals surface area contributed by atoms with Gasteiger partial charge in [-0.1, -0.05) is 39.0 Å². The molecule has 0 aliphatic carbocycles. The fourth-order valence-electron chi connectivity index (χ4n) is 1.78. The predicted molar refractivity (Wildman–Crippen MR) is 75.4 cm³/mol. The molecule has 0 radical (unpaired) electrons. The normalized spacial score (nSPS) is 11.8. The molecule has 0 saturated carbocycles. The van der Waals surface area contributed by atoms with Crippen molar-refractivity contribution in [1.29, 1.82) is 0 Å². The molecule has 0 saturated heterocycles. The lowest BCUT2D eigenvalue weighted by Crippen LogP contribution is -2.11. The molecular weight excluding hydrogens is 228 g/mol. The van der Waals surface area contributed by atoms with E-state index >= 15 is 0 Å². The Morgan fingerprint density at radius 2 is 1.94 bits per heavy atom. The van der Waals surface area contributed by atoms with Crippen molar-refractivity contribution < 1.29 is 0 Å². The standard InChI is InChI=1S/C14H18N2S/c1-9-7-10(14(2,3)4)5-6-11(9)13-16-12(15)8-17-13/h5-8H,15H2,1-4H3. The lowest BCUT2D eigenvalue weighted by Gasteiger charge is -2.20. The van der Waals surface area contributed by atoms with E-state index in [2.05, 4.69) is 50.9 Å². The van der Waals surface area contributed by atoms with E-state index in [1.807, 2.05) is 5.38 Å². The zero-order valence-electron chi connectivity index (χ0n) is 10.7. The summed E-state index contributed by atoms with van der Waals surface area (Å²) in [5.74, 6) is 0.601. The summed E-state index contributed by atoms with van der Waals surface area (Å²) < 4.78 is 0. The second-order valence-electron chi connectivity index (χ2n) is 5.36. The fourth-order valence-corrected chi connectivity index (χ4v) is 2.58. The highest BCUT2D eigenvalue weighted by atomic mass is 32.1. The number of aryl methyl sites for hydroxylation is 1. The van der Waals surface area contributed by atoms with E-state index < -0.39 is 0 Å². The highest BCUT2D eigenvalue weighted by molar-refractivity contribution is 7.13. The molecule has 0 unspecified atom stereocenters. The maximum Gasteiger partial charge on any atom is 0.135 e. The van der Waals surface area contributed by atoms with Gasteiger partial charge in [-0.2, -0.15) is 0 Å². The van der Waals surface area contributed by atoms with Crippen LogP contribution in [0.3, 0.4) is 0 Å². The summed E-state index contributed by atoms with van der Waals surface area (Å²) in [6.07, 6.45) is 0. The van der Waals surface area contributed by atoms with Gasteiger partial charge in [-0.3, -0.25) is 0 Å². The van der Waals surface area contributed by atoms with Crippen molar-refractivity contribution >= 4 is 17.2 Å². The van der Waals surface area contributed by atoms with Gasteiger partial charge in [0.05, 0.1) is 0 Å². The molecule has 0 amide bonds. The van der Waals surface area contributed by atoms with E-state index in [0.717, 1.165) is 5.01 Å². The van der Waals surface area contributed by atoms with Crippen LogP contribution in [0.25, 0.3) is 10.6 Å². The van der Waals surface area contributed by atoms with Gasteiger partial charge in [0, 0.05) is 10.9 Å². The Morgan fingerprint density at radius 1 is 1.24 bits per heavy atom. The molecule has 2 aromatic rings. The van der Waals surface area contributed by atoms with Gasteiger partial charge in [0.2, 0.25) is 0 Å². The van der Waals surface area contributed by atoms with Crippen LogP contribution in [-0.2, 0) is 5.41 Å². The van der Waals surface area contributed by atoms with Crippen molar-refractivity contribution in [2.24, 2.45) is 0 Å². The summed E-state index contributed by atoms with van der Waals surface area (Å²) in [5.41, 5.74) is 9.64. The Morgan fingerprint density at radius 3 is 2.41 bits per heavy atom. The number of hydrogen-bond acceptors (Lipinski definition) is 3. The molecule has 2 nitrogen and oxygen atoms in total. The molecule has 0 fully saturated rings. The average Bonchev–Trinajstić information content (AvgIpc) is 2.63. The van der Waals surface area contributed by atoms with Crippen LogP contribution < -0.4 is 5.73 Å². The van der Waals surface area contributed by atoms with Crippen molar-refractivity contribution in [3.05, 3.63) is 34.7 Å². The Kier molecular flexibility index (Phi) is 2.96. The lowest BCUT2D eigenvalue weighted by molar-refractivity contribution is 0.590. The molecule has 2 N–H and O–H groups in total. The number of thiazole rings is 1. The maximum absolute atomic E-state index is 5.66. The van der Waals surface area contributed by atoms with Gasteiger partial charge in [0.15, 0.2) is 0 Å². The van der Waals surface area contributed by atoms with E-state index in [4.69, 9.17) is 5.73 Å². The molecule has 3 heteroatoms. The Labute approximate surface area is 107 Å². The lowest BCUT2D eigenvalue weighted by atomic mass is 9.85. The molecule has 0 atom stereocenters. The topological polar surface area (TPSA) is 38.9 Å². The summed E-state index contributed by atoms with van der Waals surface area (Å²) in [6.45, 7) is 8.80. The Hall–Kier alpha value is -1.35. The van der Waals surface area contributed by atoms with E-state index in [0.29, 0.717) is 5.82 Å². The minimum atomic E-state index is 0.186. The number of hydrogen-bond donors (Lipinski definition) is 1. The van der Waals surface area contributed by atoms with Crippen LogP contribution in [0.2, 0.25) is 0 Å². The van der Waals surface area contributed by atoms with Crippen LogP contribution >= 0.6 is 11.3 Å². The number of nitrogens with zero attached hydrogens (tertiary/aromatic N) is 1. The van der Waals surface area contributed by atoms with Crippen LogP contribution in [0, 0.1) is 6.92 Å². The molecule has 0 aliphatic rings. The first kappa shape index (κ1) is 12.1. The van der Waals surface area contributed by atoms with Gasteiger partial charge < -0.3 is 5.73 Å². The smallest absolute Gasteiger partial charge is 0.135 e. The van der Waals surface area contributed by atoms with Crippen LogP contribution in [0.1, 0.15) is 31.9 Å². The van der Waals surface area contributed by atoms with Crippen LogP contribution in [-0.4, -0.2) is 4.98 Å². The second-order valence-corrected chi connectivity index (χ2v) is 6.22.